The van der Waals surface area contributed by atoms with Crippen LogP contribution in [0.15, 0.2) is 48.7 Å². The number of amides is 1. The Hall–Kier alpha value is -3.23. The summed E-state index contributed by atoms with van der Waals surface area (Å²) in [6.07, 6.45) is 3.71. The summed E-state index contributed by atoms with van der Waals surface area (Å²) in [5.74, 6) is 0.720. The molecule has 0 bridgehead atoms. The SMILES string of the molecule is COc1cccc(Cn2nc(C(=O)N3CCC[C@@H](O)C3)c3c2CCN(Cc2ccccn2)C3)c1. The number of ether oxygens (including phenoxy) is 1. The van der Waals surface area contributed by atoms with Crippen molar-refractivity contribution in [1.29, 1.82) is 0 Å². The number of methoxy groups -OCH3 is 1. The third-order valence-corrected chi connectivity index (χ3v) is 6.68. The second-order valence-corrected chi connectivity index (χ2v) is 9.11. The maximum Gasteiger partial charge on any atom is 0.274 e. The number of likely N-dealkylation sites (tertiary alicyclic amines) is 1. The average molecular weight is 462 g/mol. The van der Waals surface area contributed by atoms with E-state index in [2.05, 4.69) is 16.0 Å². The van der Waals surface area contributed by atoms with Crippen LogP contribution in [0.5, 0.6) is 5.75 Å². The molecule has 2 aromatic heterocycles. The number of benzene rings is 1. The summed E-state index contributed by atoms with van der Waals surface area (Å²) in [4.78, 5) is 22.1. The van der Waals surface area contributed by atoms with Crippen molar-refractivity contribution < 1.29 is 14.6 Å². The van der Waals surface area contributed by atoms with Gasteiger partial charge in [0.05, 0.1) is 25.5 Å². The lowest BCUT2D eigenvalue weighted by Gasteiger charge is -2.31. The van der Waals surface area contributed by atoms with Gasteiger partial charge < -0.3 is 14.7 Å². The zero-order valence-corrected chi connectivity index (χ0v) is 19.6. The van der Waals surface area contributed by atoms with Crippen LogP contribution in [0.2, 0.25) is 0 Å². The van der Waals surface area contributed by atoms with Crippen LogP contribution in [0, 0.1) is 0 Å². The molecule has 0 saturated carbocycles. The van der Waals surface area contributed by atoms with Crippen molar-refractivity contribution in [2.24, 2.45) is 0 Å². The van der Waals surface area contributed by atoms with Crippen molar-refractivity contribution in [3.8, 4) is 5.75 Å². The molecule has 4 heterocycles. The molecule has 3 aromatic rings. The van der Waals surface area contributed by atoms with E-state index in [0.717, 1.165) is 60.6 Å². The number of aliphatic hydroxyl groups is 1. The lowest BCUT2D eigenvalue weighted by Crippen LogP contribution is -2.43. The first-order chi connectivity index (χ1) is 16.6. The summed E-state index contributed by atoms with van der Waals surface area (Å²) in [5.41, 5.74) is 4.71. The second-order valence-electron chi connectivity index (χ2n) is 9.11. The second kappa shape index (κ2) is 9.95. The number of carbonyl (C=O) groups is 1. The maximum absolute atomic E-state index is 13.5. The van der Waals surface area contributed by atoms with Gasteiger partial charge in [0.25, 0.3) is 5.91 Å². The Bertz CT molecular complexity index is 1150. The van der Waals surface area contributed by atoms with E-state index in [1.54, 1.807) is 12.0 Å². The van der Waals surface area contributed by atoms with Gasteiger partial charge in [-0.1, -0.05) is 18.2 Å². The first-order valence-corrected chi connectivity index (χ1v) is 11.9. The maximum atomic E-state index is 13.5. The summed E-state index contributed by atoms with van der Waals surface area (Å²) in [6.45, 7) is 3.87. The van der Waals surface area contributed by atoms with Crippen molar-refractivity contribution in [3.05, 3.63) is 76.9 Å². The van der Waals surface area contributed by atoms with Gasteiger partial charge in [-0.05, 0) is 42.7 Å². The molecular weight excluding hydrogens is 430 g/mol. The normalized spacial score (nSPS) is 18.5. The molecule has 1 saturated heterocycles. The smallest absolute Gasteiger partial charge is 0.274 e. The quantitative estimate of drug-likeness (QED) is 0.607. The van der Waals surface area contributed by atoms with E-state index in [-0.39, 0.29) is 5.91 Å². The molecule has 5 rings (SSSR count). The number of nitrogens with zero attached hydrogens (tertiary/aromatic N) is 5. The van der Waals surface area contributed by atoms with Gasteiger partial charge in [0.2, 0.25) is 0 Å². The summed E-state index contributed by atoms with van der Waals surface area (Å²) >= 11 is 0. The van der Waals surface area contributed by atoms with E-state index in [1.807, 2.05) is 47.3 Å². The summed E-state index contributed by atoms with van der Waals surface area (Å²) in [7, 11) is 1.66. The molecule has 8 nitrogen and oxygen atoms in total. The average Bonchev–Trinajstić information content (AvgIpc) is 3.21. The Morgan fingerprint density at radius 1 is 1.18 bits per heavy atom. The topological polar surface area (TPSA) is 83.7 Å². The number of hydrogen-bond acceptors (Lipinski definition) is 6. The van der Waals surface area contributed by atoms with Crippen LogP contribution in [0.4, 0.5) is 0 Å². The molecule has 1 aromatic carbocycles. The highest BCUT2D eigenvalue weighted by Gasteiger charge is 2.32. The number of pyridine rings is 1. The fraction of sp³-hybridized carbons (Fsp3) is 0.423. The van der Waals surface area contributed by atoms with Gasteiger partial charge in [0.15, 0.2) is 5.69 Å². The summed E-state index contributed by atoms with van der Waals surface area (Å²) in [5, 5.41) is 15.0. The number of hydrogen-bond donors (Lipinski definition) is 1. The van der Waals surface area contributed by atoms with Crippen LogP contribution in [-0.2, 0) is 26.1 Å². The first kappa shape index (κ1) is 22.6. The van der Waals surface area contributed by atoms with Gasteiger partial charge >= 0.3 is 0 Å². The van der Waals surface area contributed by atoms with E-state index in [9.17, 15) is 9.90 Å². The molecule has 0 radical (unpaired) electrons. The van der Waals surface area contributed by atoms with E-state index >= 15 is 0 Å². The van der Waals surface area contributed by atoms with Crippen LogP contribution in [0.3, 0.4) is 0 Å². The summed E-state index contributed by atoms with van der Waals surface area (Å²) in [6, 6.07) is 13.9. The fourth-order valence-electron chi connectivity index (χ4n) is 4.94. The molecule has 0 aliphatic carbocycles. The molecule has 1 fully saturated rings. The van der Waals surface area contributed by atoms with Crippen molar-refractivity contribution in [2.75, 3.05) is 26.7 Å². The third-order valence-electron chi connectivity index (χ3n) is 6.68. The molecule has 0 unspecified atom stereocenters. The Balaban J connectivity index is 1.45. The number of piperidine rings is 1. The molecule has 2 aliphatic heterocycles. The van der Waals surface area contributed by atoms with E-state index < -0.39 is 6.10 Å². The Morgan fingerprint density at radius 3 is 2.88 bits per heavy atom. The van der Waals surface area contributed by atoms with Crippen molar-refractivity contribution in [3.63, 3.8) is 0 Å². The number of β-amino-alcohol motifs (C(OH)–C–C–N with tert-alkyl or cyclic N) is 1. The van der Waals surface area contributed by atoms with Gasteiger partial charge in [0, 0.05) is 56.6 Å². The highest BCUT2D eigenvalue weighted by molar-refractivity contribution is 5.94. The molecular formula is C26H31N5O3. The largest absolute Gasteiger partial charge is 0.497 e. The molecule has 178 valence electrons. The highest BCUT2D eigenvalue weighted by Crippen LogP contribution is 2.27. The highest BCUT2D eigenvalue weighted by atomic mass is 16.5. The Morgan fingerprint density at radius 2 is 2.09 bits per heavy atom. The van der Waals surface area contributed by atoms with E-state index in [1.165, 1.54) is 0 Å². The molecule has 8 heteroatoms. The Kier molecular flexibility index (Phi) is 6.60. The van der Waals surface area contributed by atoms with E-state index in [0.29, 0.717) is 31.9 Å². The zero-order chi connectivity index (χ0) is 23.5. The summed E-state index contributed by atoms with van der Waals surface area (Å²) < 4.78 is 7.36. The van der Waals surface area contributed by atoms with E-state index in [4.69, 9.17) is 9.84 Å². The van der Waals surface area contributed by atoms with Gasteiger partial charge in [-0.25, -0.2) is 0 Å². The van der Waals surface area contributed by atoms with Crippen molar-refractivity contribution in [2.45, 2.75) is 45.0 Å². The predicted octanol–water partition coefficient (Wildman–Crippen LogP) is 2.49. The predicted molar refractivity (Wildman–Crippen MR) is 128 cm³/mol. The molecule has 34 heavy (non-hydrogen) atoms. The zero-order valence-electron chi connectivity index (χ0n) is 19.6. The number of fused-ring (bicyclic) bond motifs is 1. The van der Waals surface area contributed by atoms with Crippen LogP contribution in [0.1, 0.15) is 45.8 Å². The first-order valence-electron chi connectivity index (χ1n) is 11.9. The van der Waals surface area contributed by atoms with Gasteiger partial charge in [0.1, 0.15) is 5.75 Å². The van der Waals surface area contributed by atoms with Crippen molar-refractivity contribution in [1.82, 2.24) is 24.6 Å². The number of aliphatic hydroxyl groups excluding tert-OH is 1. The van der Waals surface area contributed by atoms with Crippen LogP contribution in [-0.4, -0.2) is 68.4 Å². The van der Waals surface area contributed by atoms with Crippen LogP contribution in [0.25, 0.3) is 0 Å². The van der Waals surface area contributed by atoms with Gasteiger partial charge in [-0.3, -0.25) is 19.4 Å². The van der Waals surface area contributed by atoms with Gasteiger partial charge in [-0.15, -0.1) is 0 Å². The van der Waals surface area contributed by atoms with Gasteiger partial charge in [-0.2, -0.15) is 5.10 Å². The molecule has 1 N–H and O–H groups in total. The molecule has 1 atom stereocenters. The lowest BCUT2D eigenvalue weighted by atomic mass is 10.0. The third kappa shape index (κ3) is 4.83. The lowest BCUT2D eigenvalue weighted by molar-refractivity contribution is 0.0466. The minimum absolute atomic E-state index is 0.0842. The van der Waals surface area contributed by atoms with Crippen molar-refractivity contribution >= 4 is 5.91 Å². The molecule has 2 aliphatic rings. The van der Waals surface area contributed by atoms with Crippen LogP contribution >= 0.6 is 0 Å². The van der Waals surface area contributed by atoms with Crippen LogP contribution < -0.4 is 4.74 Å². The number of carbonyl (C=O) groups excluding carboxylic acids is 1. The molecule has 1 amide bonds. The standard InChI is InChI=1S/C26H31N5O3/c1-34-22-9-4-6-19(14-22)15-31-24-10-13-29(16-20-7-2-3-11-27-20)18-23(24)25(28-31)26(33)30-12-5-8-21(32)17-30/h2-4,6-7,9,11,14,21,32H,5,8,10,12-13,15-18H2,1H3/t21-/m1/s1. The minimum Gasteiger partial charge on any atom is -0.497 e. The number of rotatable bonds is 6. The fourth-order valence-corrected chi connectivity index (χ4v) is 4.94. The Labute approximate surface area is 199 Å². The monoisotopic (exact) mass is 461 g/mol. The number of aromatic nitrogens is 3. The molecule has 0 spiro atoms. The minimum atomic E-state index is -0.465.